The molecule has 1 atom stereocenters. The van der Waals surface area contributed by atoms with E-state index < -0.39 is 11.9 Å². The van der Waals surface area contributed by atoms with Gasteiger partial charge in [-0.25, -0.2) is 9.48 Å². The summed E-state index contributed by atoms with van der Waals surface area (Å²) in [5.74, 6) is 0.956. The zero-order chi connectivity index (χ0) is 36.8. The van der Waals surface area contributed by atoms with E-state index in [2.05, 4.69) is 46.7 Å². The lowest BCUT2D eigenvalue weighted by Crippen LogP contribution is -2.34. The number of ketones is 1. The van der Waals surface area contributed by atoms with Gasteiger partial charge in [0.1, 0.15) is 5.82 Å². The topological polar surface area (TPSA) is 132 Å². The number of carbonyl (C=O) groups excluding carboxylic acids is 2. The molecule has 1 saturated heterocycles. The average Bonchev–Trinajstić information content (AvgIpc) is 3.57. The highest BCUT2D eigenvalue weighted by molar-refractivity contribution is 7.99. The predicted octanol–water partition coefficient (Wildman–Crippen LogP) is 8.05. The van der Waals surface area contributed by atoms with Crippen molar-refractivity contribution in [2.24, 2.45) is 5.92 Å². The van der Waals surface area contributed by atoms with Crippen LogP contribution in [-0.4, -0.2) is 58.9 Å². The average molecular weight is 720 g/mol. The number of piperidine rings is 1. The van der Waals surface area contributed by atoms with Crippen molar-refractivity contribution in [3.63, 3.8) is 0 Å². The number of methoxy groups -OCH3 is 2. The molecular formula is C40H45N7O4S. The molecule has 2 aromatic heterocycles. The molecule has 11 nitrogen and oxygen atoms in total. The summed E-state index contributed by atoms with van der Waals surface area (Å²) in [6, 6.07) is 26.2. The molecule has 270 valence electrons. The van der Waals surface area contributed by atoms with E-state index in [1.165, 1.54) is 26.0 Å². The van der Waals surface area contributed by atoms with E-state index in [1.54, 1.807) is 10.7 Å². The third-order valence-corrected chi connectivity index (χ3v) is 10.0. The van der Waals surface area contributed by atoms with Crippen LogP contribution in [0, 0.1) is 12.8 Å². The molecule has 2 amide bonds. The van der Waals surface area contributed by atoms with Gasteiger partial charge in [0.05, 0.1) is 37.6 Å². The van der Waals surface area contributed by atoms with E-state index in [0.717, 1.165) is 53.3 Å². The van der Waals surface area contributed by atoms with Crippen molar-refractivity contribution in [1.29, 1.82) is 0 Å². The van der Waals surface area contributed by atoms with Crippen LogP contribution >= 0.6 is 11.8 Å². The Bertz CT molecular complexity index is 2010. The number of aryl methyl sites for hydroxylation is 1. The Morgan fingerprint density at radius 1 is 0.885 bits per heavy atom. The van der Waals surface area contributed by atoms with Crippen molar-refractivity contribution in [1.82, 2.24) is 25.1 Å². The molecule has 0 saturated carbocycles. The maximum atomic E-state index is 14.7. The highest BCUT2D eigenvalue weighted by atomic mass is 32.2. The van der Waals surface area contributed by atoms with E-state index >= 15 is 0 Å². The number of nitrogens with one attached hydrogen (secondary N) is 3. The minimum absolute atomic E-state index is 0.00294. The largest absolute Gasteiger partial charge is 0.481 e. The SMILES string of the molecule is COc1cc(OC)nc(Sc2ccccc2C(=O)C(c2cccc(NC(=O)Nc3cc(C(C)(C)C)nn3-c3ccc(C)cc3)c2)C2CCNCC2)n1. The first-order chi connectivity index (χ1) is 25.0. The van der Waals surface area contributed by atoms with Gasteiger partial charge >= 0.3 is 6.03 Å². The minimum atomic E-state index is -0.438. The van der Waals surface area contributed by atoms with Crippen LogP contribution in [0.1, 0.15) is 66.7 Å². The summed E-state index contributed by atoms with van der Waals surface area (Å²) in [6.07, 6.45) is 1.69. The van der Waals surface area contributed by atoms with Gasteiger partial charge in [-0.3, -0.25) is 10.1 Å². The van der Waals surface area contributed by atoms with Crippen molar-refractivity contribution >= 4 is 35.1 Å². The number of anilines is 2. The quantitative estimate of drug-likeness (QED) is 0.0917. The fourth-order valence-corrected chi connectivity index (χ4v) is 7.18. The van der Waals surface area contributed by atoms with E-state index in [0.29, 0.717) is 34.0 Å². The molecule has 0 aliphatic carbocycles. The molecular weight excluding hydrogens is 675 g/mol. The molecule has 3 aromatic carbocycles. The van der Waals surface area contributed by atoms with Gasteiger partial charge in [-0.05, 0) is 86.4 Å². The van der Waals surface area contributed by atoms with Crippen molar-refractivity contribution in [2.45, 2.75) is 61.9 Å². The standard InChI is InChI=1S/C40H45N7O4S/c1-25-14-16-29(17-15-25)47-33(23-32(46-47)40(2,3)4)43-38(49)42-28-11-9-10-27(22-28)36(26-18-20-41-21-19-26)37(48)30-12-7-8-13-31(30)52-39-44-34(50-5)24-35(45-39)51-6/h7-17,22-24,26,36,41H,18-21H2,1-6H3,(H2,42,43,49). The van der Waals surface area contributed by atoms with E-state index in [1.807, 2.05) is 85.8 Å². The summed E-state index contributed by atoms with van der Waals surface area (Å²) in [7, 11) is 3.07. The molecule has 5 aromatic rings. The zero-order valence-corrected chi connectivity index (χ0v) is 31.2. The number of carbonyl (C=O) groups is 2. The number of Topliss-reactive ketones (excluding diaryl/α,β-unsaturated/α-hetero) is 1. The van der Waals surface area contributed by atoms with Gasteiger partial charge in [-0.1, -0.05) is 68.8 Å². The fourth-order valence-electron chi connectivity index (χ4n) is 6.29. The Balaban J connectivity index is 1.28. The maximum Gasteiger partial charge on any atom is 0.324 e. The van der Waals surface area contributed by atoms with Gasteiger partial charge in [0.15, 0.2) is 10.9 Å². The Labute approximate surface area is 308 Å². The summed E-state index contributed by atoms with van der Waals surface area (Å²) < 4.78 is 12.5. The lowest BCUT2D eigenvalue weighted by atomic mass is 9.76. The minimum Gasteiger partial charge on any atom is -0.481 e. The van der Waals surface area contributed by atoms with Crippen LogP contribution in [0.4, 0.5) is 16.3 Å². The molecule has 0 radical (unpaired) electrons. The van der Waals surface area contributed by atoms with Crippen LogP contribution < -0.4 is 25.4 Å². The van der Waals surface area contributed by atoms with E-state index in [4.69, 9.17) is 14.6 Å². The van der Waals surface area contributed by atoms with Gasteiger partial charge in [0.2, 0.25) is 11.8 Å². The lowest BCUT2D eigenvalue weighted by Gasteiger charge is -2.31. The summed E-state index contributed by atoms with van der Waals surface area (Å²) in [4.78, 5) is 38.0. The van der Waals surface area contributed by atoms with Crippen molar-refractivity contribution < 1.29 is 19.1 Å². The number of hydrogen-bond acceptors (Lipinski definition) is 9. The number of ether oxygens (including phenoxy) is 2. The highest BCUT2D eigenvalue weighted by Gasteiger charge is 2.33. The van der Waals surface area contributed by atoms with E-state index in [-0.39, 0.29) is 17.1 Å². The summed E-state index contributed by atoms with van der Waals surface area (Å²) in [5.41, 5.74) is 4.61. The zero-order valence-electron chi connectivity index (χ0n) is 30.4. The normalized spacial score (nSPS) is 14.0. The van der Waals surface area contributed by atoms with Gasteiger partial charge in [0, 0.05) is 27.6 Å². The third kappa shape index (κ3) is 8.63. The van der Waals surface area contributed by atoms with Crippen LogP contribution in [0.5, 0.6) is 11.8 Å². The molecule has 1 aliphatic heterocycles. The highest BCUT2D eigenvalue weighted by Crippen LogP contribution is 2.39. The number of hydrogen-bond donors (Lipinski definition) is 3. The molecule has 1 fully saturated rings. The summed E-state index contributed by atoms with van der Waals surface area (Å²) in [5, 5.41) is 14.7. The fraction of sp³-hybridized carbons (Fsp3) is 0.325. The molecule has 12 heteroatoms. The predicted molar refractivity (Wildman–Crippen MR) is 204 cm³/mol. The lowest BCUT2D eigenvalue weighted by molar-refractivity contribution is 0.0913. The molecule has 3 heterocycles. The number of nitrogens with zero attached hydrogens (tertiary/aromatic N) is 4. The van der Waals surface area contributed by atoms with Crippen LogP contribution in [0.2, 0.25) is 0 Å². The van der Waals surface area contributed by atoms with Gasteiger partial charge in [0.25, 0.3) is 0 Å². The van der Waals surface area contributed by atoms with Gasteiger partial charge < -0.3 is 20.1 Å². The van der Waals surface area contributed by atoms with Crippen LogP contribution in [0.3, 0.4) is 0 Å². The van der Waals surface area contributed by atoms with Crippen LogP contribution in [-0.2, 0) is 5.41 Å². The van der Waals surface area contributed by atoms with Gasteiger partial charge in [-0.15, -0.1) is 0 Å². The van der Waals surface area contributed by atoms with Crippen molar-refractivity contribution in [3.8, 4) is 17.4 Å². The second kappa shape index (κ2) is 16.0. The van der Waals surface area contributed by atoms with Gasteiger partial charge in [-0.2, -0.15) is 15.1 Å². The molecule has 0 bridgehead atoms. The first kappa shape index (κ1) is 36.6. The third-order valence-electron chi connectivity index (χ3n) is 9.07. The smallest absolute Gasteiger partial charge is 0.324 e. The molecule has 6 rings (SSSR count). The van der Waals surface area contributed by atoms with Crippen LogP contribution in [0.15, 0.2) is 95.0 Å². The summed E-state index contributed by atoms with van der Waals surface area (Å²) in [6.45, 7) is 9.95. The van der Waals surface area contributed by atoms with E-state index in [9.17, 15) is 9.59 Å². The molecule has 1 unspecified atom stereocenters. The Kier molecular flexibility index (Phi) is 11.3. The molecule has 52 heavy (non-hydrogen) atoms. The molecule has 0 spiro atoms. The van der Waals surface area contributed by atoms with Crippen molar-refractivity contribution in [3.05, 3.63) is 107 Å². The monoisotopic (exact) mass is 719 g/mol. The van der Waals surface area contributed by atoms with Crippen LogP contribution in [0.25, 0.3) is 5.69 Å². The first-order valence-electron chi connectivity index (χ1n) is 17.4. The summed E-state index contributed by atoms with van der Waals surface area (Å²) >= 11 is 1.29. The second-order valence-corrected chi connectivity index (χ2v) is 14.9. The number of benzene rings is 3. The Morgan fingerprint density at radius 2 is 1.58 bits per heavy atom. The Hall–Kier alpha value is -5.20. The number of aromatic nitrogens is 4. The first-order valence-corrected chi connectivity index (χ1v) is 18.2. The number of rotatable bonds is 11. The number of urea groups is 1. The second-order valence-electron chi connectivity index (χ2n) is 13.9. The molecule has 3 N–H and O–H groups in total. The Morgan fingerprint density at radius 3 is 2.25 bits per heavy atom. The maximum absolute atomic E-state index is 14.7. The van der Waals surface area contributed by atoms with Crippen molar-refractivity contribution in [2.75, 3.05) is 37.9 Å². The molecule has 1 aliphatic rings. The number of amides is 2.